The number of carbonyl (C=O) groups is 1. The van der Waals surface area contributed by atoms with E-state index >= 15 is 0 Å². The number of nitrogens with zero attached hydrogens (tertiary/aromatic N) is 1. The summed E-state index contributed by atoms with van der Waals surface area (Å²) in [6, 6.07) is 6.01. The molecule has 1 aromatic heterocycles. The summed E-state index contributed by atoms with van der Waals surface area (Å²) in [6.07, 6.45) is 0. The average Bonchev–Trinajstić information content (AvgIpc) is 2.69. The lowest BCUT2D eigenvalue weighted by Crippen LogP contribution is -2.00. The van der Waals surface area contributed by atoms with Crippen molar-refractivity contribution in [3.63, 3.8) is 0 Å². The van der Waals surface area contributed by atoms with Crippen molar-refractivity contribution < 1.29 is 18.4 Å². The fourth-order valence-electron chi connectivity index (χ4n) is 1.41. The number of ether oxygens (including phenoxy) is 1. The van der Waals surface area contributed by atoms with Crippen molar-refractivity contribution in [1.29, 1.82) is 0 Å². The van der Waals surface area contributed by atoms with Crippen molar-refractivity contribution in [2.24, 2.45) is 0 Å². The van der Waals surface area contributed by atoms with Gasteiger partial charge in [-0.2, -0.15) is 0 Å². The summed E-state index contributed by atoms with van der Waals surface area (Å²) in [5, 5.41) is 3.52. The molecule has 1 heterocycles. The van der Waals surface area contributed by atoms with E-state index in [1.807, 2.05) is 6.92 Å². The van der Waals surface area contributed by atoms with Crippen molar-refractivity contribution in [1.82, 2.24) is 5.16 Å². The van der Waals surface area contributed by atoms with Gasteiger partial charge in [0.05, 0.1) is 11.6 Å². The van der Waals surface area contributed by atoms with Crippen LogP contribution in [0.3, 0.4) is 0 Å². The Kier molecular flexibility index (Phi) is 2.91. The summed E-state index contributed by atoms with van der Waals surface area (Å²) >= 11 is 0. The number of aryl methyl sites for hydroxylation is 1. The van der Waals surface area contributed by atoms with Gasteiger partial charge in [-0.1, -0.05) is 11.6 Å². The molecule has 0 radical (unpaired) electrons. The van der Waals surface area contributed by atoms with Gasteiger partial charge in [-0.3, -0.25) is 4.79 Å². The number of hydrogen-bond acceptors (Lipinski definition) is 4. The van der Waals surface area contributed by atoms with E-state index in [1.54, 1.807) is 12.1 Å². The number of halogens is 1. The molecule has 2 rings (SSSR count). The predicted octanol–water partition coefficient (Wildman–Crippen LogP) is 2.71. The Morgan fingerprint density at radius 1 is 1.41 bits per heavy atom. The molecule has 0 amide bonds. The molecule has 0 aliphatic rings. The second kappa shape index (κ2) is 4.37. The molecular formula is C12H10FNO3. The minimum absolute atomic E-state index is 0.0217. The summed E-state index contributed by atoms with van der Waals surface area (Å²) in [5.74, 6) is -0.674. The zero-order valence-corrected chi connectivity index (χ0v) is 9.36. The lowest BCUT2D eigenvalue weighted by atomic mass is 10.1. The standard InChI is InChI=1S/C12H10FNO3/c1-7-3-4-10(13)9(5-7)11-6-12(14-17-11)16-8(2)15/h3-6H,1-2H3. The van der Waals surface area contributed by atoms with Crippen LogP contribution in [0.1, 0.15) is 12.5 Å². The van der Waals surface area contributed by atoms with Crippen LogP contribution in [-0.2, 0) is 4.79 Å². The number of aromatic nitrogens is 1. The van der Waals surface area contributed by atoms with Gasteiger partial charge in [0.1, 0.15) is 5.82 Å². The average molecular weight is 235 g/mol. The van der Waals surface area contributed by atoms with Gasteiger partial charge in [0.2, 0.25) is 0 Å². The Balaban J connectivity index is 2.36. The van der Waals surface area contributed by atoms with E-state index in [4.69, 9.17) is 9.26 Å². The summed E-state index contributed by atoms with van der Waals surface area (Å²) in [7, 11) is 0. The fraction of sp³-hybridized carbons (Fsp3) is 0.167. The van der Waals surface area contributed by atoms with E-state index in [2.05, 4.69) is 5.16 Å². The van der Waals surface area contributed by atoms with Crippen molar-refractivity contribution in [3.05, 3.63) is 35.6 Å². The molecule has 0 N–H and O–H groups in total. The molecule has 0 spiro atoms. The second-order valence-corrected chi connectivity index (χ2v) is 3.61. The SMILES string of the molecule is CC(=O)Oc1cc(-c2cc(C)ccc2F)on1. The molecule has 88 valence electrons. The highest BCUT2D eigenvalue weighted by molar-refractivity contribution is 5.69. The maximum absolute atomic E-state index is 13.5. The van der Waals surface area contributed by atoms with E-state index in [9.17, 15) is 9.18 Å². The Labute approximate surface area is 97.0 Å². The predicted molar refractivity (Wildman–Crippen MR) is 57.9 cm³/mol. The number of benzene rings is 1. The first kappa shape index (κ1) is 11.3. The fourth-order valence-corrected chi connectivity index (χ4v) is 1.41. The number of hydrogen-bond donors (Lipinski definition) is 0. The van der Waals surface area contributed by atoms with Gasteiger partial charge in [-0.25, -0.2) is 4.39 Å². The van der Waals surface area contributed by atoms with Gasteiger partial charge in [0.15, 0.2) is 5.76 Å². The van der Waals surface area contributed by atoms with Crippen LogP contribution in [-0.4, -0.2) is 11.1 Å². The molecule has 0 saturated carbocycles. The minimum Gasteiger partial charge on any atom is -0.404 e. The van der Waals surface area contributed by atoms with Crippen LogP contribution in [0, 0.1) is 12.7 Å². The highest BCUT2D eigenvalue weighted by Crippen LogP contribution is 2.26. The topological polar surface area (TPSA) is 52.3 Å². The third kappa shape index (κ3) is 2.50. The van der Waals surface area contributed by atoms with E-state index in [1.165, 1.54) is 19.1 Å². The molecule has 0 saturated heterocycles. The quantitative estimate of drug-likeness (QED) is 0.751. The summed E-state index contributed by atoms with van der Waals surface area (Å²) < 4.78 is 23.2. The van der Waals surface area contributed by atoms with E-state index in [0.29, 0.717) is 0 Å². The monoisotopic (exact) mass is 235 g/mol. The van der Waals surface area contributed by atoms with Crippen LogP contribution in [0.2, 0.25) is 0 Å². The largest absolute Gasteiger partial charge is 0.404 e. The normalized spacial score (nSPS) is 10.3. The van der Waals surface area contributed by atoms with Gasteiger partial charge < -0.3 is 9.26 Å². The summed E-state index contributed by atoms with van der Waals surface area (Å²) in [5.41, 5.74) is 1.18. The van der Waals surface area contributed by atoms with E-state index in [0.717, 1.165) is 5.56 Å². The van der Waals surface area contributed by atoms with Crippen LogP contribution < -0.4 is 4.74 Å². The van der Waals surface area contributed by atoms with Gasteiger partial charge >= 0.3 is 5.97 Å². The molecule has 1 aromatic carbocycles. The van der Waals surface area contributed by atoms with Gasteiger partial charge in [0.25, 0.3) is 5.88 Å². The lowest BCUT2D eigenvalue weighted by Gasteiger charge is -1.99. The summed E-state index contributed by atoms with van der Waals surface area (Å²) in [6.45, 7) is 3.09. The molecular weight excluding hydrogens is 225 g/mol. The third-order valence-corrected chi connectivity index (χ3v) is 2.12. The maximum atomic E-state index is 13.5. The highest BCUT2D eigenvalue weighted by Gasteiger charge is 2.13. The van der Waals surface area contributed by atoms with Gasteiger partial charge in [-0.15, -0.1) is 0 Å². The molecule has 0 bridgehead atoms. The first-order valence-electron chi connectivity index (χ1n) is 4.98. The maximum Gasteiger partial charge on any atom is 0.309 e. The smallest absolute Gasteiger partial charge is 0.309 e. The molecule has 0 unspecified atom stereocenters. The first-order valence-corrected chi connectivity index (χ1v) is 4.98. The zero-order chi connectivity index (χ0) is 12.4. The molecule has 4 nitrogen and oxygen atoms in total. The Hall–Kier alpha value is -2.17. The van der Waals surface area contributed by atoms with Crippen LogP contribution in [0.4, 0.5) is 4.39 Å². The number of esters is 1. The van der Waals surface area contributed by atoms with Crippen molar-refractivity contribution in [2.45, 2.75) is 13.8 Å². The van der Waals surface area contributed by atoms with Crippen molar-refractivity contribution in [2.75, 3.05) is 0 Å². The molecule has 0 fully saturated rings. The second-order valence-electron chi connectivity index (χ2n) is 3.61. The van der Waals surface area contributed by atoms with Gasteiger partial charge in [-0.05, 0) is 24.2 Å². The summed E-state index contributed by atoms with van der Waals surface area (Å²) in [4.78, 5) is 10.7. The van der Waals surface area contributed by atoms with Crippen LogP contribution in [0.5, 0.6) is 5.88 Å². The van der Waals surface area contributed by atoms with Crippen molar-refractivity contribution in [3.8, 4) is 17.2 Å². The third-order valence-electron chi connectivity index (χ3n) is 2.12. The van der Waals surface area contributed by atoms with E-state index in [-0.39, 0.29) is 17.2 Å². The van der Waals surface area contributed by atoms with Crippen LogP contribution in [0.25, 0.3) is 11.3 Å². The molecule has 0 atom stereocenters. The molecule has 17 heavy (non-hydrogen) atoms. The molecule has 2 aromatic rings. The molecule has 0 aliphatic carbocycles. The number of carbonyl (C=O) groups excluding carboxylic acids is 1. The minimum atomic E-state index is -0.505. The Bertz CT molecular complexity index is 563. The molecule has 5 heteroatoms. The van der Waals surface area contributed by atoms with Crippen LogP contribution in [0.15, 0.2) is 28.8 Å². The lowest BCUT2D eigenvalue weighted by molar-refractivity contribution is -0.132. The van der Waals surface area contributed by atoms with Crippen LogP contribution >= 0.6 is 0 Å². The van der Waals surface area contributed by atoms with Crippen molar-refractivity contribution >= 4 is 5.97 Å². The highest BCUT2D eigenvalue weighted by atomic mass is 19.1. The zero-order valence-electron chi connectivity index (χ0n) is 9.36. The first-order chi connectivity index (χ1) is 8.06. The Morgan fingerprint density at radius 2 is 2.18 bits per heavy atom. The van der Waals surface area contributed by atoms with Gasteiger partial charge in [0, 0.05) is 6.92 Å². The Morgan fingerprint density at radius 3 is 2.88 bits per heavy atom. The van der Waals surface area contributed by atoms with E-state index < -0.39 is 11.8 Å². The molecule has 0 aliphatic heterocycles. The number of rotatable bonds is 2.